The van der Waals surface area contributed by atoms with Gasteiger partial charge in [0.25, 0.3) is 10.0 Å². The molecule has 19 heavy (non-hydrogen) atoms. The van der Waals surface area contributed by atoms with E-state index in [4.69, 9.17) is 5.73 Å². The van der Waals surface area contributed by atoms with Crippen molar-refractivity contribution in [3.63, 3.8) is 0 Å². The van der Waals surface area contributed by atoms with Crippen molar-refractivity contribution in [1.29, 1.82) is 0 Å². The first-order valence-corrected chi connectivity index (χ1v) is 7.72. The normalized spacial score (nSPS) is 11.5. The van der Waals surface area contributed by atoms with Crippen molar-refractivity contribution in [3.05, 3.63) is 40.7 Å². The highest BCUT2D eigenvalue weighted by Gasteiger charge is 2.20. The van der Waals surface area contributed by atoms with E-state index in [0.717, 1.165) is 17.4 Å². The van der Waals surface area contributed by atoms with Crippen LogP contribution in [-0.2, 0) is 16.6 Å². The lowest BCUT2D eigenvalue weighted by Gasteiger charge is -2.07. The minimum atomic E-state index is -3.97. The monoisotopic (exact) mass is 301 g/mol. The molecule has 0 spiro atoms. The van der Waals surface area contributed by atoms with Crippen LogP contribution >= 0.6 is 11.3 Å². The molecular formula is C11H12FN3O2S2. The van der Waals surface area contributed by atoms with Crippen LogP contribution < -0.4 is 10.5 Å². The number of hydrogen-bond donors (Lipinski definition) is 2. The molecular weight excluding hydrogens is 289 g/mol. The molecule has 0 aliphatic heterocycles. The largest absolute Gasteiger partial charge is 0.326 e. The van der Waals surface area contributed by atoms with Gasteiger partial charge >= 0.3 is 0 Å². The number of hydrogen-bond acceptors (Lipinski definition) is 5. The van der Waals surface area contributed by atoms with Crippen LogP contribution in [0, 0.1) is 12.7 Å². The van der Waals surface area contributed by atoms with Crippen molar-refractivity contribution in [2.75, 3.05) is 4.72 Å². The number of rotatable bonds is 4. The van der Waals surface area contributed by atoms with Gasteiger partial charge in [0, 0.05) is 11.9 Å². The molecule has 0 aliphatic carbocycles. The SMILES string of the molecule is Cc1csc(NS(=O)(=O)c2ccc(CN)cc2F)n1. The third kappa shape index (κ3) is 3.09. The molecule has 1 heterocycles. The lowest BCUT2D eigenvalue weighted by Crippen LogP contribution is -2.15. The molecule has 8 heteroatoms. The van der Waals surface area contributed by atoms with E-state index >= 15 is 0 Å². The van der Waals surface area contributed by atoms with Gasteiger partial charge in [-0.1, -0.05) is 6.07 Å². The standard InChI is InChI=1S/C11H12FN3O2S2/c1-7-6-18-11(14-7)15-19(16,17)10-3-2-8(5-13)4-9(10)12/h2-4,6H,5,13H2,1H3,(H,14,15). The predicted molar refractivity (Wildman–Crippen MR) is 72.0 cm³/mol. The summed E-state index contributed by atoms with van der Waals surface area (Å²) in [5.74, 6) is -0.830. The Kier molecular flexibility index (Phi) is 3.83. The predicted octanol–water partition coefficient (Wildman–Crippen LogP) is 1.85. The van der Waals surface area contributed by atoms with Crippen molar-refractivity contribution in [2.24, 2.45) is 5.73 Å². The molecule has 0 amide bonds. The molecule has 0 fully saturated rings. The number of aromatic nitrogens is 1. The molecule has 0 unspecified atom stereocenters. The van der Waals surface area contributed by atoms with Crippen LogP contribution in [0.5, 0.6) is 0 Å². The summed E-state index contributed by atoms with van der Waals surface area (Å²) in [7, 11) is -3.97. The Hall–Kier alpha value is -1.51. The molecule has 0 bridgehead atoms. The smallest absolute Gasteiger partial charge is 0.266 e. The Balaban J connectivity index is 2.34. The number of thiazole rings is 1. The van der Waals surface area contributed by atoms with Crippen LogP contribution in [-0.4, -0.2) is 13.4 Å². The van der Waals surface area contributed by atoms with Crippen molar-refractivity contribution in [2.45, 2.75) is 18.4 Å². The molecule has 0 saturated carbocycles. The Morgan fingerprint density at radius 2 is 2.21 bits per heavy atom. The molecule has 1 aromatic heterocycles. The van der Waals surface area contributed by atoms with E-state index in [-0.39, 0.29) is 11.7 Å². The molecule has 0 radical (unpaired) electrons. The van der Waals surface area contributed by atoms with Gasteiger partial charge < -0.3 is 5.73 Å². The van der Waals surface area contributed by atoms with E-state index in [1.54, 1.807) is 12.3 Å². The first kappa shape index (κ1) is 13.9. The minimum absolute atomic E-state index is 0.149. The van der Waals surface area contributed by atoms with Crippen molar-refractivity contribution >= 4 is 26.5 Å². The van der Waals surface area contributed by atoms with Gasteiger partial charge in [-0.05, 0) is 24.6 Å². The minimum Gasteiger partial charge on any atom is -0.326 e. The van der Waals surface area contributed by atoms with Gasteiger partial charge in [-0.25, -0.2) is 17.8 Å². The van der Waals surface area contributed by atoms with Crippen LogP contribution in [0.25, 0.3) is 0 Å². The maximum absolute atomic E-state index is 13.7. The number of aryl methyl sites for hydroxylation is 1. The summed E-state index contributed by atoms with van der Waals surface area (Å²) in [5, 5.41) is 1.91. The third-order valence-corrected chi connectivity index (χ3v) is 4.74. The lowest BCUT2D eigenvalue weighted by molar-refractivity contribution is 0.569. The van der Waals surface area contributed by atoms with Crippen LogP contribution in [0.15, 0.2) is 28.5 Å². The molecule has 2 aromatic rings. The van der Waals surface area contributed by atoms with Gasteiger partial charge in [-0.2, -0.15) is 0 Å². The van der Waals surface area contributed by atoms with Gasteiger partial charge in [-0.3, -0.25) is 4.72 Å². The maximum atomic E-state index is 13.7. The first-order valence-electron chi connectivity index (χ1n) is 5.36. The van der Waals surface area contributed by atoms with Gasteiger partial charge in [0.05, 0.1) is 5.69 Å². The number of nitrogens with two attached hydrogens (primary N) is 1. The summed E-state index contributed by atoms with van der Waals surface area (Å²) in [5.41, 5.74) is 6.59. The average molecular weight is 301 g/mol. The zero-order valence-corrected chi connectivity index (χ0v) is 11.7. The lowest BCUT2D eigenvalue weighted by atomic mass is 10.2. The molecule has 0 aliphatic rings. The van der Waals surface area contributed by atoms with E-state index in [0.29, 0.717) is 11.3 Å². The second kappa shape index (κ2) is 5.24. The fourth-order valence-corrected chi connectivity index (χ4v) is 3.46. The van der Waals surface area contributed by atoms with Gasteiger partial charge in [0.15, 0.2) is 5.13 Å². The number of anilines is 1. The molecule has 0 saturated heterocycles. The van der Waals surface area contributed by atoms with E-state index < -0.39 is 20.7 Å². The summed E-state index contributed by atoms with van der Waals surface area (Å²) in [4.78, 5) is 3.55. The maximum Gasteiger partial charge on any atom is 0.266 e. The fraction of sp³-hybridized carbons (Fsp3) is 0.182. The second-order valence-electron chi connectivity index (χ2n) is 3.87. The van der Waals surface area contributed by atoms with Gasteiger partial charge in [0.2, 0.25) is 0 Å². The average Bonchev–Trinajstić information content (AvgIpc) is 2.73. The topological polar surface area (TPSA) is 85.1 Å². The fourth-order valence-electron chi connectivity index (χ4n) is 1.46. The quantitative estimate of drug-likeness (QED) is 0.902. The first-order chi connectivity index (χ1) is 8.92. The Labute approximate surface area is 114 Å². The summed E-state index contributed by atoms with van der Waals surface area (Å²) in [6.45, 7) is 1.89. The highest BCUT2D eigenvalue weighted by atomic mass is 32.2. The molecule has 3 N–H and O–H groups in total. The summed E-state index contributed by atoms with van der Waals surface area (Å²) < 4.78 is 40.0. The van der Waals surface area contributed by atoms with Crippen LogP contribution in [0.3, 0.4) is 0 Å². The zero-order valence-electron chi connectivity index (χ0n) is 10.1. The Morgan fingerprint density at radius 3 is 2.74 bits per heavy atom. The zero-order chi connectivity index (χ0) is 14.0. The summed E-state index contributed by atoms with van der Waals surface area (Å²) >= 11 is 1.14. The molecule has 102 valence electrons. The third-order valence-electron chi connectivity index (χ3n) is 2.36. The van der Waals surface area contributed by atoms with Crippen molar-refractivity contribution in [3.8, 4) is 0 Å². The molecule has 1 aromatic carbocycles. The van der Waals surface area contributed by atoms with Crippen LogP contribution in [0.4, 0.5) is 9.52 Å². The van der Waals surface area contributed by atoms with Crippen LogP contribution in [0.1, 0.15) is 11.3 Å². The van der Waals surface area contributed by atoms with E-state index in [9.17, 15) is 12.8 Å². The molecule has 2 rings (SSSR count). The van der Waals surface area contributed by atoms with E-state index in [2.05, 4.69) is 9.71 Å². The number of nitrogens with zero attached hydrogens (tertiary/aromatic N) is 1. The van der Waals surface area contributed by atoms with Crippen LogP contribution in [0.2, 0.25) is 0 Å². The number of sulfonamides is 1. The molecule has 0 atom stereocenters. The highest BCUT2D eigenvalue weighted by molar-refractivity contribution is 7.93. The Morgan fingerprint density at radius 1 is 1.47 bits per heavy atom. The number of halogens is 1. The summed E-state index contributed by atoms with van der Waals surface area (Å²) in [6.07, 6.45) is 0. The highest BCUT2D eigenvalue weighted by Crippen LogP contribution is 2.22. The second-order valence-corrected chi connectivity index (χ2v) is 6.38. The summed E-state index contributed by atoms with van der Waals surface area (Å²) in [6, 6.07) is 3.78. The van der Waals surface area contributed by atoms with E-state index in [1.807, 2.05) is 0 Å². The number of nitrogens with one attached hydrogen (secondary N) is 1. The van der Waals surface area contributed by atoms with Gasteiger partial charge in [-0.15, -0.1) is 11.3 Å². The van der Waals surface area contributed by atoms with Gasteiger partial charge in [0.1, 0.15) is 10.7 Å². The van der Waals surface area contributed by atoms with E-state index in [1.165, 1.54) is 12.1 Å². The number of benzene rings is 1. The van der Waals surface area contributed by atoms with Crippen molar-refractivity contribution < 1.29 is 12.8 Å². The molecule has 5 nitrogen and oxygen atoms in total. The Bertz CT molecular complexity index is 698. The van der Waals surface area contributed by atoms with Crippen molar-refractivity contribution in [1.82, 2.24) is 4.98 Å².